The van der Waals surface area contributed by atoms with E-state index < -0.39 is 0 Å². The maximum atomic E-state index is 9.31. The Balaban J connectivity index is 3.34. The van der Waals surface area contributed by atoms with E-state index in [1.807, 2.05) is 19.1 Å². The molecule has 3 heteroatoms. The average Bonchev–Trinajstić information content (AvgIpc) is 2.35. The normalized spacial score (nSPS) is 12.6. The van der Waals surface area contributed by atoms with Crippen LogP contribution in [0.4, 0.5) is 0 Å². The van der Waals surface area contributed by atoms with Crippen LogP contribution in [0.2, 0.25) is 0 Å². The molecule has 1 aromatic carbocycles. The van der Waals surface area contributed by atoms with Gasteiger partial charge in [0.25, 0.3) is 0 Å². The highest BCUT2D eigenvalue weighted by Crippen LogP contribution is 2.36. The molecular weight excluding hydrogens is 216 g/mol. The van der Waals surface area contributed by atoms with E-state index >= 15 is 0 Å². The molecule has 0 fully saturated rings. The molecule has 0 spiro atoms. The van der Waals surface area contributed by atoms with Gasteiger partial charge in [-0.25, -0.2) is 0 Å². The molecule has 0 heterocycles. The first-order valence-corrected chi connectivity index (χ1v) is 5.91. The molecule has 0 aliphatic carbocycles. The SMILES string of the molecule is COc1cc(C(C)C)c(C(C)CO)cc1OC. The Bertz CT molecular complexity index is 372. The summed E-state index contributed by atoms with van der Waals surface area (Å²) in [7, 11) is 3.26. The number of ether oxygens (including phenoxy) is 2. The molecule has 1 unspecified atom stereocenters. The minimum Gasteiger partial charge on any atom is -0.493 e. The van der Waals surface area contributed by atoms with Crippen LogP contribution in [0, 0.1) is 0 Å². The second-order valence-electron chi connectivity index (χ2n) is 4.57. The minimum absolute atomic E-state index is 0.104. The zero-order chi connectivity index (χ0) is 13.0. The van der Waals surface area contributed by atoms with Crippen molar-refractivity contribution in [3.8, 4) is 11.5 Å². The van der Waals surface area contributed by atoms with Gasteiger partial charge in [0.1, 0.15) is 0 Å². The van der Waals surface area contributed by atoms with Crippen LogP contribution in [0.1, 0.15) is 43.7 Å². The Morgan fingerprint density at radius 2 is 1.47 bits per heavy atom. The monoisotopic (exact) mass is 238 g/mol. The van der Waals surface area contributed by atoms with Gasteiger partial charge in [-0.1, -0.05) is 20.8 Å². The maximum Gasteiger partial charge on any atom is 0.161 e. The lowest BCUT2D eigenvalue weighted by molar-refractivity contribution is 0.271. The molecule has 1 atom stereocenters. The summed E-state index contributed by atoms with van der Waals surface area (Å²) < 4.78 is 10.6. The predicted molar refractivity (Wildman–Crippen MR) is 69.1 cm³/mol. The van der Waals surface area contributed by atoms with Crippen LogP contribution in [-0.4, -0.2) is 25.9 Å². The predicted octanol–water partition coefficient (Wildman–Crippen LogP) is 2.92. The summed E-state index contributed by atoms with van der Waals surface area (Å²) in [6, 6.07) is 3.97. The van der Waals surface area contributed by atoms with Crippen molar-refractivity contribution in [2.24, 2.45) is 0 Å². The molecule has 0 aliphatic heterocycles. The number of hydrogen-bond donors (Lipinski definition) is 1. The van der Waals surface area contributed by atoms with Gasteiger partial charge in [-0.2, -0.15) is 0 Å². The van der Waals surface area contributed by atoms with E-state index in [-0.39, 0.29) is 12.5 Å². The fourth-order valence-electron chi connectivity index (χ4n) is 1.94. The Morgan fingerprint density at radius 3 is 1.82 bits per heavy atom. The minimum atomic E-state index is 0.104. The molecule has 0 aromatic heterocycles. The smallest absolute Gasteiger partial charge is 0.161 e. The average molecular weight is 238 g/mol. The number of benzene rings is 1. The number of rotatable bonds is 5. The zero-order valence-corrected chi connectivity index (χ0v) is 11.3. The fourth-order valence-corrected chi connectivity index (χ4v) is 1.94. The Morgan fingerprint density at radius 1 is 1.00 bits per heavy atom. The number of aliphatic hydroxyl groups excluding tert-OH is 1. The van der Waals surface area contributed by atoms with Gasteiger partial charge >= 0.3 is 0 Å². The van der Waals surface area contributed by atoms with E-state index in [2.05, 4.69) is 13.8 Å². The molecule has 0 saturated heterocycles. The van der Waals surface area contributed by atoms with E-state index in [0.29, 0.717) is 11.7 Å². The lowest BCUT2D eigenvalue weighted by atomic mass is 9.89. The van der Waals surface area contributed by atoms with E-state index in [1.54, 1.807) is 14.2 Å². The van der Waals surface area contributed by atoms with Gasteiger partial charge in [0, 0.05) is 12.5 Å². The van der Waals surface area contributed by atoms with E-state index in [0.717, 1.165) is 11.3 Å². The summed E-state index contributed by atoms with van der Waals surface area (Å²) in [6.45, 7) is 6.41. The van der Waals surface area contributed by atoms with E-state index in [4.69, 9.17) is 9.47 Å². The molecule has 17 heavy (non-hydrogen) atoms. The second kappa shape index (κ2) is 5.92. The Kier molecular flexibility index (Phi) is 4.82. The van der Waals surface area contributed by atoms with Crippen LogP contribution in [-0.2, 0) is 0 Å². The molecular formula is C14H22O3. The quantitative estimate of drug-likeness (QED) is 0.857. The van der Waals surface area contributed by atoms with Crippen LogP contribution < -0.4 is 9.47 Å². The second-order valence-corrected chi connectivity index (χ2v) is 4.57. The summed E-state index contributed by atoms with van der Waals surface area (Å²) in [6.07, 6.45) is 0. The van der Waals surface area contributed by atoms with Gasteiger partial charge < -0.3 is 14.6 Å². The molecule has 0 amide bonds. The molecule has 1 aromatic rings. The van der Waals surface area contributed by atoms with Gasteiger partial charge in [0.2, 0.25) is 0 Å². The van der Waals surface area contributed by atoms with Crippen molar-refractivity contribution in [2.75, 3.05) is 20.8 Å². The molecule has 0 bridgehead atoms. The first-order valence-electron chi connectivity index (χ1n) is 5.91. The van der Waals surface area contributed by atoms with E-state index in [1.165, 1.54) is 5.56 Å². The summed E-state index contributed by atoms with van der Waals surface area (Å²) in [4.78, 5) is 0. The van der Waals surface area contributed by atoms with Crippen molar-refractivity contribution in [1.82, 2.24) is 0 Å². The van der Waals surface area contributed by atoms with Crippen LogP contribution in [0.5, 0.6) is 11.5 Å². The Hall–Kier alpha value is -1.22. The van der Waals surface area contributed by atoms with Crippen LogP contribution in [0.25, 0.3) is 0 Å². The molecule has 3 nitrogen and oxygen atoms in total. The third kappa shape index (κ3) is 2.91. The maximum absolute atomic E-state index is 9.31. The summed E-state index contributed by atoms with van der Waals surface area (Å²) in [5.74, 6) is 1.95. The van der Waals surface area contributed by atoms with Crippen molar-refractivity contribution in [3.05, 3.63) is 23.3 Å². The molecule has 0 aliphatic rings. The van der Waals surface area contributed by atoms with Gasteiger partial charge in [-0.05, 0) is 29.2 Å². The van der Waals surface area contributed by atoms with Crippen molar-refractivity contribution >= 4 is 0 Å². The first-order chi connectivity index (χ1) is 8.04. The molecule has 0 saturated carbocycles. The highest BCUT2D eigenvalue weighted by atomic mass is 16.5. The van der Waals surface area contributed by atoms with Crippen molar-refractivity contribution in [3.63, 3.8) is 0 Å². The summed E-state index contributed by atoms with van der Waals surface area (Å²) >= 11 is 0. The number of methoxy groups -OCH3 is 2. The van der Waals surface area contributed by atoms with Crippen molar-refractivity contribution in [1.29, 1.82) is 0 Å². The third-order valence-corrected chi connectivity index (χ3v) is 3.02. The standard InChI is InChI=1S/C14H22O3/c1-9(2)11-6-13(16-4)14(17-5)7-12(11)10(3)8-15/h6-7,9-10,15H,8H2,1-5H3. The highest BCUT2D eigenvalue weighted by molar-refractivity contribution is 5.49. The van der Waals surface area contributed by atoms with Gasteiger partial charge in [0.15, 0.2) is 11.5 Å². The van der Waals surface area contributed by atoms with Crippen LogP contribution in [0.3, 0.4) is 0 Å². The molecule has 96 valence electrons. The summed E-state index contributed by atoms with van der Waals surface area (Å²) in [5, 5.41) is 9.31. The topological polar surface area (TPSA) is 38.7 Å². The van der Waals surface area contributed by atoms with E-state index in [9.17, 15) is 5.11 Å². The van der Waals surface area contributed by atoms with Crippen molar-refractivity contribution in [2.45, 2.75) is 32.6 Å². The summed E-state index contributed by atoms with van der Waals surface area (Å²) in [5.41, 5.74) is 2.32. The molecule has 0 radical (unpaired) electrons. The van der Waals surface area contributed by atoms with Crippen LogP contribution in [0.15, 0.2) is 12.1 Å². The first kappa shape index (κ1) is 13.8. The van der Waals surface area contributed by atoms with Crippen molar-refractivity contribution < 1.29 is 14.6 Å². The highest BCUT2D eigenvalue weighted by Gasteiger charge is 2.17. The largest absolute Gasteiger partial charge is 0.493 e. The molecule has 1 N–H and O–H groups in total. The molecule has 1 rings (SSSR count). The lowest BCUT2D eigenvalue weighted by Gasteiger charge is -2.20. The van der Waals surface area contributed by atoms with Gasteiger partial charge in [0.05, 0.1) is 14.2 Å². The van der Waals surface area contributed by atoms with Crippen LogP contribution >= 0.6 is 0 Å². The third-order valence-electron chi connectivity index (χ3n) is 3.02. The number of aliphatic hydroxyl groups is 1. The number of hydrogen-bond acceptors (Lipinski definition) is 3. The van der Waals surface area contributed by atoms with Gasteiger partial charge in [-0.3, -0.25) is 0 Å². The fraction of sp³-hybridized carbons (Fsp3) is 0.571. The Labute approximate surface area is 103 Å². The zero-order valence-electron chi connectivity index (χ0n) is 11.3. The van der Waals surface area contributed by atoms with Gasteiger partial charge in [-0.15, -0.1) is 0 Å². The lowest BCUT2D eigenvalue weighted by Crippen LogP contribution is -2.06.